The fourth-order valence-electron chi connectivity index (χ4n) is 9.68. The third-order valence-corrected chi connectivity index (χ3v) is 13.4. The van der Waals surface area contributed by atoms with Crippen LogP contribution in [0.5, 0.6) is 0 Å². The van der Waals surface area contributed by atoms with E-state index in [2.05, 4.69) is 198 Å². The minimum atomic E-state index is -0.330. The molecule has 0 spiro atoms. The molecule has 13 rings (SSSR count). The van der Waals surface area contributed by atoms with E-state index in [1.54, 1.807) is 11.3 Å². The summed E-state index contributed by atoms with van der Waals surface area (Å²) in [6.07, 6.45) is -0.330. The largest absolute Gasteiger partial charge is 0.454 e. The summed E-state index contributed by atoms with van der Waals surface area (Å²) in [5.41, 5.74) is 11.7. The molecule has 276 valence electrons. The van der Waals surface area contributed by atoms with Crippen LogP contribution in [0.3, 0.4) is 0 Å². The van der Waals surface area contributed by atoms with E-state index in [4.69, 9.17) is 9.41 Å². The van der Waals surface area contributed by atoms with Crippen LogP contribution in [0.1, 0.15) is 22.2 Å². The number of thiophene rings is 1. The molecule has 4 nitrogen and oxygen atoms in total. The van der Waals surface area contributed by atoms with Crippen LogP contribution in [-0.4, -0.2) is 10.3 Å². The first-order valence-electron chi connectivity index (χ1n) is 20.1. The predicted molar refractivity (Wildman–Crippen MR) is 249 cm³/mol. The fourth-order valence-corrected chi connectivity index (χ4v) is 10.9. The summed E-state index contributed by atoms with van der Waals surface area (Å²) in [5.74, 6) is 0. The van der Waals surface area contributed by atoms with Crippen LogP contribution in [0, 0.1) is 0 Å². The molecule has 1 aliphatic heterocycles. The minimum Gasteiger partial charge on any atom is -0.454 e. The van der Waals surface area contributed by atoms with Gasteiger partial charge in [0, 0.05) is 42.8 Å². The number of para-hydroxylation sites is 1. The van der Waals surface area contributed by atoms with Crippen LogP contribution >= 0.6 is 11.3 Å². The molecule has 0 amide bonds. The lowest BCUT2D eigenvalue weighted by Gasteiger charge is -2.25. The third-order valence-electron chi connectivity index (χ3n) is 12.2. The van der Waals surface area contributed by atoms with Gasteiger partial charge in [-0.3, -0.25) is 4.99 Å². The summed E-state index contributed by atoms with van der Waals surface area (Å²) < 4.78 is 10.8. The van der Waals surface area contributed by atoms with Gasteiger partial charge in [0.2, 0.25) is 0 Å². The highest BCUT2D eigenvalue weighted by Gasteiger charge is 2.29. The Kier molecular flexibility index (Phi) is 6.91. The van der Waals surface area contributed by atoms with E-state index >= 15 is 0 Å². The van der Waals surface area contributed by atoms with Crippen molar-refractivity contribution in [3.63, 3.8) is 0 Å². The fraction of sp³-hybridized carbons (Fsp3) is 0.0185. The second kappa shape index (κ2) is 12.5. The molecule has 1 N–H and O–H groups in total. The number of fused-ring (bicyclic) bond motifs is 13. The van der Waals surface area contributed by atoms with Gasteiger partial charge in [-0.05, 0) is 63.0 Å². The number of hydrogen-bond acceptors (Lipinski definition) is 4. The number of aromatic nitrogens is 1. The summed E-state index contributed by atoms with van der Waals surface area (Å²) in [6.45, 7) is 0. The highest BCUT2D eigenvalue weighted by Crippen LogP contribution is 2.48. The van der Waals surface area contributed by atoms with Crippen LogP contribution in [0.2, 0.25) is 0 Å². The summed E-state index contributed by atoms with van der Waals surface area (Å²) in [6, 6.07) is 67.5. The van der Waals surface area contributed by atoms with E-state index in [0.717, 1.165) is 61.2 Å². The molecule has 12 aromatic rings. The SMILES string of the molecule is c1ccc(C2=NC(c3cccc4oc5c(-n6c7ccc8ccccc8c7c7c8ccccc8c(-c8ccccc8)cc76)cccc5c34)Nc3c2sc2ccccc32)cc1. The van der Waals surface area contributed by atoms with Gasteiger partial charge in [-0.25, -0.2) is 0 Å². The Labute approximate surface area is 342 Å². The minimum absolute atomic E-state index is 0.330. The number of nitrogens with one attached hydrogen (secondary N) is 1. The number of furan rings is 1. The maximum Gasteiger partial charge on any atom is 0.159 e. The predicted octanol–water partition coefficient (Wildman–Crippen LogP) is 14.8. The Balaban J connectivity index is 1.10. The van der Waals surface area contributed by atoms with Crippen molar-refractivity contribution in [2.75, 3.05) is 5.32 Å². The second-order valence-electron chi connectivity index (χ2n) is 15.4. The number of rotatable bonds is 4. The van der Waals surface area contributed by atoms with Crippen molar-refractivity contribution >= 4 is 98.1 Å². The van der Waals surface area contributed by atoms with Crippen molar-refractivity contribution in [3.8, 4) is 16.8 Å². The van der Waals surface area contributed by atoms with Crippen molar-refractivity contribution in [1.29, 1.82) is 0 Å². The van der Waals surface area contributed by atoms with Gasteiger partial charge in [-0.1, -0.05) is 158 Å². The Hall–Kier alpha value is -7.47. The van der Waals surface area contributed by atoms with E-state index in [0.29, 0.717) is 0 Å². The van der Waals surface area contributed by atoms with Crippen molar-refractivity contribution < 1.29 is 4.42 Å². The van der Waals surface area contributed by atoms with Crippen molar-refractivity contribution in [1.82, 2.24) is 4.57 Å². The molecule has 0 aliphatic carbocycles. The Morgan fingerprint density at radius 3 is 2.05 bits per heavy atom. The Bertz CT molecular complexity index is 3710. The zero-order chi connectivity index (χ0) is 38.6. The summed E-state index contributed by atoms with van der Waals surface area (Å²) in [5, 5.41) is 14.7. The average Bonchev–Trinajstić information content (AvgIpc) is 3.99. The van der Waals surface area contributed by atoms with Gasteiger partial charge in [0.15, 0.2) is 5.58 Å². The molecule has 1 aliphatic rings. The number of anilines is 1. The topological polar surface area (TPSA) is 42.5 Å². The van der Waals surface area contributed by atoms with Crippen LogP contribution in [0.4, 0.5) is 5.69 Å². The number of nitrogens with zero attached hydrogens (tertiary/aromatic N) is 2. The normalized spacial score (nSPS) is 14.2. The van der Waals surface area contributed by atoms with Gasteiger partial charge in [0.1, 0.15) is 11.7 Å². The maximum absolute atomic E-state index is 7.07. The smallest absolute Gasteiger partial charge is 0.159 e. The molecule has 0 saturated heterocycles. The average molecular weight is 772 g/mol. The number of aliphatic imine (C=N–C) groups is 1. The molecule has 0 saturated carbocycles. The molecular weight excluding hydrogens is 739 g/mol. The monoisotopic (exact) mass is 771 g/mol. The Morgan fingerprint density at radius 1 is 0.525 bits per heavy atom. The molecule has 59 heavy (non-hydrogen) atoms. The highest BCUT2D eigenvalue weighted by molar-refractivity contribution is 7.22. The highest BCUT2D eigenvalue weighted by atomic mass is 32.1. The molecular formula is C54H33N3OS. The summed E-state index contributed by atoms with van der Waals surface area (Å²) in [7, 11) is 0. The summed E-state index contributed by atoms with van der Waals surface area (Å²) >= 11 is 1.80. The van der Waals surface area contributed by atoms with Crippen molar-refractivity contribution in [3.05, 3.63) is 204 Å². The van der Waals surface area contributed by atoms with Gasteiger partial charge < -0.3 is 14.3 Å². The molecule has 9 aromatic carbocycles. The van der Waals surface area contributed by atoms with Crippen LogP contribution in [-0.2, 0) is 0 Å². The molecule has 0 bridgehead atoms. The van der Waals surface area contributed by atoms with Gasteiger partial charge >= 0.3 is 0 Å². The lowest BCUT2D eigenvalue weighted by molar-refractivity contribution is 0.665. The second-order valence-corrected chi connectivity index (χ2v) is 16.5. The van der Waals surface area contributed by atoms with E-state index in [1.165, 1.54) is 58.4 Å². The first kappa shape index (κ1) is 32.6. The molecule has 0 fully saturated rings. The molecule has 5 heteroatoms. The van der Waals surface area contributed by atoms with E-state index in [-0.39, 0.29) is 6.17 Å². The van der Waals surface area contributed by atoms with Crippen molar-refractivity contribution in [2.24, 2.45) is 4.99 Å². The van der Waals surface area contributed by atoms with Gasteiger partial charge in [-0.2, -0.15) is 0 Å². The Morgan fingerprint density at radius 2 is 1.20 bits per heavy atom. The van der Waals surface area contributed by atoms with Gasteiger partial charge in [0.05, 0.1) is 33.0 Å². The lowest BCUT2D eigenvalue weighted by atomic mass is 9.94. The van der Waals surface area contributed by atoms with E-state index < -0.39 is 0 Å². The maximum atomic E-state index is 7.07. The molecule has 4 heterocycles. The molecule has 0 radical (unpaired) electrons. The van der Waals surface area contributed by atoms with Gasteiger partial charge in [-0.15, -0.1) is 11.3 Å². The number of benzene rings is 9. The summed E-state index contributed by atoms with van der Waals surface area (Å²) in [4.78, 5) is 6.68. The first-order chi connectivity index (χ1) is 29.3. The third kappa shape index (κ3) is 4.74. The van der Waals surface area contributed by atoms with Crippen LogP contribution in [0.25, 0.3) is 92.2 Å². The molecule has 1 unspecified atom stereocenters. The first-order valence-corrected chi connectivity index (χ1v) is 20.9. The van der Waals surface area contributed by atoms with E-state index in [9.17, 15) is 0 Å². The molecule has 1 atom stereocenters. The number of hydrogen-bond donors (Lipinski definition) is 1. The zero-order valence-corrected chi connectivity index (χ0v) is 32.5. The van der Waals surface area contributed by atoms with E-state index in [1.807, 2.05) is 0 Å². The van der Waals surface area contributed by atoms with Crippen molar-refractivity contribution in [2.45, 2.75) is 6.17 Å². The zero-order valence-electron chi connectivity index (χ0n) is 31.7. The lowest BCUT2D eigenvalue weighted by Crippen LogP contribution is -2.19. The van der Waals surface area contributed by atoms with Crippen LogP contribution in [0.15, 0.2) is 197 Å². The standard InChI is InChI=1S/C54H33N3OS/c1-3-15-32(16-4-1)41-31-44-49(37-22-10-9-21-36(37)41)48-35-20-8-7-17-33(35)29-30-42(48)57(44)43-26-13-24-39-47-40(25-14-27-45(47)58-52(39)43)54-55-50(34-18-5-2-6-19-34)53-51(56-54)38-23-11-12-28-46(38)59-53/h1-31,54,56H. The quantitative estimate of drug-likeness (QED) is 0.194. The van der Waals surface area contributed by atoms with Crippen LogP contribution < -0.4 is 5.32 Å². The molecule has 3 aromatic heterocycles. The van der Waals surface area contributed by atoms with Gasteiger partial charge in [0.25, 0.3) is 0 Å².